The van der Waals surface area contributed by atoms with Crippen molar-refractivity contribution in [1.82, 2.24) is 10.2 Å². The van der Waals surface area contributed by atoms with Gasteiger partial charge in [-0.15, -0.1) is 0 Å². The predicted molar refractivity (Wildman–Crippen MR) is 97.8 cm³/mol. The van der Waals surface area contributed by atoms with Crippen LogP contribution in [0.5, 0.6) is 0 Å². The average molecular weight is 350 g/mol. The molecule has 0 radical (unpaired) electrons. The lowest BCUT2D eigenvalue weighted by molar-refractivity contribution is -0.127. The van der Waals surface area contributed by atoms with Crippen LogP contribution >= 0.6 is 11.6 Å². The molecule has 1 saturated carbocycles. The Balaban J connectivity index is 1.43. The fourth-order valence-electron chi connectivity index (χ4n) is 4.06. The van der Waals surface area contributed by atoms with Crippen molar-refractivity contribution in [2.75, 3.05) is 19.6 Å². The first-order valence-corrected chi connectivity index (χ1v) is 9.50. The maximum Gasteiger partial charge on any atom is 0.223 e. The van der Waals surface area contributed by atoms with E-state index in [4.69, 9.17) is 17.3 Å². The summed E-state index contributed by atoms with van der Waals surface area (Å²) in [5, 5.41) is 4.06. The van der Waals surface area contributed by atoms with Gasteiger partial charge in [0.05, 0.1) is 0 Å². The molecule has 1 amide bonds. The lowest BCUT2D eigenvalue weighted by Gasteiger charge is -2.33. The van der Waals surface area contributed by atoms with E-state index >= 15 is 0 Å². The van der Waals surface area contributed by atoms with E-state index in [1.165, 1.54) is 5.56 Å². The van der Waals surface area contributed by atoms with Crippen molar-refractivity contribution in [2.45, 2.75) is 44.7 Å². The van der Waals surface area contributed by atoms with E-state index < -0.39 is 0 Å². The highest BCUT2D eigenvalue weighted by Gasteiger charge is 2.33. The molecule has 5 heteroatoms. The molecule has 0 bridgehead atoms. The molecule has 1 heterocycles. The second-order valence-electron chi connectivity index (χ2n) is 7.22. The number of amides is 1. The van der Waals surface area contributed by atoms with Gasteiger partial charge in [-0.1, -0.05) is 30.2 Å². The number of nitrogens with two attached hydrogens (primary N) is 1. The van der Waals surface area contributed by atoms with Gasteiger partial charge < -0.3 is 11.1 Å². The van der Waals surface area contributed by atoms with Crippen molar-refractivity contribution in [2.24, 2.45) is 17.6 Å². The van der Waals surface area contributed by atoms with Gasteiger partial charge in [-0.05, 0) is 55.8 Å². The van der Waals surface area contributed by atoms with Gasteiger partial charge in [-0.3, -0.25) is 9.69 Å². The molecule has 2 atom stereocenters. The Morgan fingerprint density at radius 3 is 2.54 bits per heavy atom. The minimum absolute atomic E-state index is 0.141. The third kappa shape index (κ3) is 4.50. The molecule has 1 saturated heterocycles. The van der Waals surface area contributed by atoms with Gasteiger partial charge in [-0.2, -0.15) is 0 Å². The largest absolute Gasteiger partial charge is 0.353 e. The van der Waals surface area contributed by atoms with E-state index in [9.17, 15) is 4.79 Å². The van der Waals surface area contributed by atoms with Gasteiger partial charge in [0.2, 0.25) is 5.91 Å². The molecule has 0 aromatic heterocycles. The minimum Gasteiger partial charge on any atom is -0.353 e. The van der Waals surface area contributed by atoms with E-state index in [-0.39, 0.29) is 11.8 Å². The van der Waals surface area contributed by atoms with E-state index in [1.807, 2.05) is 12.1 Å². The van der Waals surface area contributed by atoms with Crippen LogP contribution in [0.1, 0.15) is 37.7 Å². The molecular formula is C19H28ClN3O. The van der Waals surface area contributed by atoms with Crippen LogP contribution in [-0.2, 0) is 11.3 Å². The number of nitrogens with zero attached hydrogens (tertiary/aromatic N) is 1. The van der Waals surface area contributed by atoms with Crippen LogP contribution < -0.4 is 11.1 Å². The monoisotopic (exact) mass is 349 g/mol. The number of rotatable bonds is 5. The summed E-state index contributed by atoms with van der Waals surface area (Å²) in [5.74, 6) is 0.760. The molecule has 1 aromatic carbocycles. The van der Waals surface area contributed by atoms with Crippen LogP contribution in [0.4, 0.5) is 0 Å². The Morgan fingerprint density at radius 1 is 1.17 bits per heavy atom. The van der Waals surface area contributed by atoms with Crippen LogP contribution in [-0.4, -0.2) is 36.5 Å². The van der Waals surface area contributed by atoms with Crippen LogP contribution in [0.15, 0.2) is 24.3 Å². The highest BCUT2D eigenvalue weighted by molar-refractivity contribution is 6.30. The molecular weight excluding hydrogens is 322 g/mol. The summed E-state index contributed by atoms with van der Waals surface area (Å²) < 4.78 is 0. The number of piperidine rings is 1. The summed E-state index contributed by atoms with van der Waals surface area (Å²) in [7, 11) is 0. The molecule has 1 aliphatic heterocycles. The van der Waals surface area contributed by atoms with E-state index in [0.717, 1.165) is 56.8 Å². The maximum atomic E-state index is 12.5. The number of hydrogen-bond donors (Lipinski definition) is 2. The molecule has 132 valence electrons. The van der Waals surface area contributed by atoms with Gasteiger partial charge in [-0.25, -0.2) is 0 Å². The number of carbonyl (C=O) groups excluding carboxylic acids is 1. The summed E-state index contributed by atoms with van der Waals surface area (Å²) in [6.07, 6.45) is 5.30. The van der Waals surface area contributed by atoms with Crippen LogP contribution in [0.3, 0.4) is 0 Å². The highest BCUT2D eigenvalue weighted by Crippen LogP contribution is 2.31. The van der Waals surface area contributed by atoms with Crippen molar-refractivity contribution in [1.29, 1.82) is 0 Å². The maximum absolute atomic E-state index is 12.5. The zero-order valence-corrected chi connectivity index (χ0v) is 15.0. The first-order valence-electron chi connectivity index (χ1n) is 9.13. The average Bonchev–Trinajstić information content (AvgIpc) is 3.07. The quantitative estimate of drug-likeness (QED) is 0.859. The second-order valence-corrected chi connectivity index (χ2v) is 7.66. The molecule has 24 heavy (non-hydrogen) atoms. The van der Waals surface area contributed by atoms with Crippen LogP contribution in [0, 0.1) is 11.8 Å². The zero-order chi connectivity index (χ0) is 16.9. The molecule has 4 nitrogen and oxygen atoms in total. The van der Waals surface area contributed by atoms with E-state index in [0.29, 0.717) is 18.5 Å². The number of likely N-dealkylation sites (tertiary alicyclic amines) is 1. The minimum atomic E-state index is 0.141. The third-order valence-corrected chi connectivity index (χ3v) is 5.80. The van der Waals surface area contributed by atoms with Crippen LogP contribution in [0.25, 0.3) is 0 Å². The first-order chi connectivity index (χ1) is 11.7. The van der Waals surface area contributed by atoms with Gasteiger partial charge >= 0.3 is 0 Å². The van der Waals surface area contributed by atoms with E-state index in [2.05, 4.69) is 22.3 Å². The van der Waals surface area contributed by atoms with Gasteiger partial charge in [0.1, 0.15) is 0 Å². The molecule has 0 unspecified atom stereocenters. The lowest BCUT2D eigenvalue weighted by atomic mass is 9.94. The Morgan fingerprint density at radius 2 is 1.88 bits per heavy atom. The van der Waals surface area contributed by atoms with Crippen LogP contribution in [0.2, 0.25) is 5.02 Å². The number of hydrogen-bond acceptors (Lipinski definition) is 3. The SMILES string of the molecule is NC[C@H]1CCC[C@H]1C(=O)NC1CCN(Cc2ccc(Cl)cc2)CC1. The standard InChI is InChI=1S/C19H28ClN3O/c20-16-6-4-14(5-7-16)13-23-10-8-17(9-11-23)22-19(24)18-3-1-2-15(18)12-21/h4-7,15,17-18H,1-3,8-13,21H2,(H,22,24)/t15-,18-/m1/s1. The summed E-state index contributed by atoms with van der Waals surface area (Å²) >= 11 is 5.93. The Labute approximate surface area is 149 Å². The summed E-state index contributed by atoms with van der Waals surface area (Å²) in [4.78, 5) is 14.9. The number of carbonyl (C=O) groups is 1. The summed E-state index contributed by atoms with van der Waals surface area (Å²) in [6.45, 7) is 3.64. The molecule has 2 fully saturated rings. The van der Waals surface area contributed by atoms with Gasteiger partial charge in [0.15, 0.2) is 0 Å². The van der Waals surface area contributed by atoms with Gasteiger partial charge in [0.25, 0.3) is 0 Å². The third-order valence-electron chi connectivity index (χ3n) is 5.55. The fraction of sp³-hybridized carbons (Fsp3) is 0.632. The normalized spacial score (nSPS) is 25.8. The molecule has 3 rings (SSSR count). The highest BCUT2D eigenvalue weighted by atomic mass is 35.5. The molecule has 0 spiro atoms. The number of benzene rings is 1. The van der Waals surface area contributed by atoms with Crippen molar-refractivity contribution >= 4 is 17.5 Å². The zero-order valence-electron chi connectivity index (χ0n) is 14.2. The Kier molecular flexibility index (Phi) is 6.14. The van der Waals surface area contributed by atoms with Crippen molar-refractivity contribution in [3.63, 3.8) is 0 Å². The Hall–Kier alpha value is -1.10. The molecule has 1 aromatic rings. The fourth-order valence-corrected chi connectivity index (χ4v) is 4.18. The van der Waals surface area contributed by atoms with Crippen molar-refractivity contribution in [3.8, 4) is 0 Å². The topological polar surface area (TPSA) is 58.4 Å². The smallest absolute Gasteiger partial charge is 0.223 e. The van der Waals surface area contributed by atoms with Gasteiger partial charge in [0, 0.05) is 36.6 Å². The summed E-state index contributed by atoms with van der Waals surface area (Å²) in [5.41, 5.74) is 7.09. The lowest BCUT2D eigenvalue weighted by Crippen LogP contribution is -2.47. The summed E-state index contributed by atoms with van der Waals surface area (Å²) in [6, 6.07) is 8.38. The predicted octanol–water partition coefficient (Wildman–Crippen LogP) is 2.80. The molecule has 3 N–H and O–H groups in total. The Bertz CT molecular complexity index is 540. The van der Waals surface area contributed by atoms with Crippen molar-refractivity contribution in [3.05, 3.63) is 34.9 Å². The number of halogens is 1. The molecule has 2 aliphatic rings. The second kappa shape index (κ2) is 8.32. The van der Waals surface area contributed by atoms with E-state index in [1.54, 1.807) is 0 Å². The first kappa shape index (κ1) is 17.7. The molecule has 1 aliphatic carbocycles. The van der Waals surface area contributed by atoms with Crippen molar-refractivity contribution < 1.29 is 4.79 Å². The number of nitrogens with one attached hydrogen (secondary N) is 1.